The summed E-state index contributed by atoms with van der Waals surface area (Å²) in [5.74, 6) is 1.79. The molecule has 4 heteroatoms. The maximum Gasteiger partial charge on any atom is 0.123 e. The van der Waals surface area contributed by atoms with E-state index in [9.17, 15) is 0 Å². The molecule has 0 fully saturated rings. The molecule has 0 unspecified atom stereocenters. The second kappa shape index (κ2) is 15.1. The number of aromatic nitrogens is 2. The van der Waals surface area contributed by atoms with Gasteiger partial charge in [0.2, 0.25) is 0 Å². The fourth-order valence-corrected chi connectivity index (χ4v) is 5.26. The van der Waals surface area contributed by atoms with Gasteiger partial charge in [0.25, 0.3) is 0 Å². The topological polar surface area (TPSA) is 38.9 Å². The second-order valence-corrected chi connectivity index (χ2v) is 11.7. The van der Waals surface area contributed by atoms with E-state index in [-0.39, 0.29) is 20.1 Å². The molecule has 0 spiro atoms. The first kappa shape index (κ1) is 32.8. The van der Waals surface area contributed by atoms with Gasteiger partial charge in [0, 0.05) is 38.1 Å². The van der Waals surface area contributed by atoms with Crippen molar-refractivity contribution >= 4 is 11.0 Å². The molecule has 46 heavy (non-hydrogen) atoms. The fourth-order valence-electron chi connectivity index (χ4n) is 5.26. The third-order valence-electron chi connectivity index (χ3n) is 7.88. The van der Waals surface area contributed by atoms with Crippen LogP contribution in [0.2, 0.25) is 0 Å². The zero-order valence-corrected chi connectivity index (χ0v) is 28.9. The van der Waals surface area contributed by atoms with Gasteiger partial charge in [-0.05, 0) is 52.5 Å². The van der Waals surface area contributed by atoms with Crippen LogP contribution in [-0.2, 0) is 20.1 Å². The molecule has 3 aromatic heterocycles. The summed E-state index contributed by atoms with van der Waals surface area (Å²) in [5.41, 5.74) is 10.6. The molecule has 0 saturated heterocycles. The molecule has 3 heterocycles. The predicted molar refractivity (Wildman–Crippen MR) is 186 cm³/mol. The van der Waals surface area contributed by atoms with Gasteiger partial charge >= 0.3 is 0 Å². The number of pyridine rings is 2. The van der Waals surface area contributed by atoms with E-state index < -0.39 is 0 Å². The number of nitrogens with zero attached hydrogens (tertiary/aromatic N) is 2. The first-order valence-corrected chi connectivity index (χ1v) is 15.5. The number of hydrogen-bond donors (Lipinski definition) is 0. The van der Waals surface area contributed by atoms with E-state index in [1.54, 1.807) is 6.20 Å². The number of hydrogen-bond acceptors (Lipinski definition) is 3. The molecule has 0 aliphatic rings. The minimum absolute atomic E-state index is 0. The second-order valence-electron chi connectivity index (χ2n) is 11.7. The third-order valence-corrected chi connectivity index (χ3v) is 7.88. The predicted octanol–water partition coefficient (Wildman–Crippen LogP) is 11.4. The molecular formula is C42H36IrN2O-2. The third kappa shape index (κ3) is 7.59. The Morgan fingerprint density at radius 3 is 1.98 bits per heavy atom. The van der Waals surface area contributed by atoms with Gasteiger partial charge in [-0.25, -0.2) is 0 Å². The van der Waals surface area contributed by atoms with Gasteiger partial charge in [0.05, 0.1) is 5.58 Å². The number of benzene rings is 4. The van der Waals surface area contributed by atoms with Crippen LogP contribution in [0.15, 0.2) is 138 Å². The van der Waals surface area contributed by atoms with Crippen LogP contribution in [0.25, 0.3) is 55.9 Å². The van der Waals surface area contributed by atoms with Crippen LogP contribution >= 0.6 is 0 Å². The molecular weight excluding hydrogens is 741 g/mol. The van der Waals surface area contributed by atoms with E-state index in [0.717, 1.165) is 50.4 Å². The molecule has 3 nitrogen and oxygen atoms in total. The average molecular weight is 777 g/mol. The Hall–Kier alpha value is -4.63. The van der Waals surface area contributed by atoms with Gasteiger partial charge in [-0.1, -0.05) is 123 Å². The Morgan fingerprint density at radius 2 is 1.30 bits per heavy atom. The molecule has 1 radical (unpaired) electrons. The van der Waals surface area contributed by atoms with Crippen molar-refractivity contribution in [1.82, 2.24) is 9.97 Å². The first-order chi connectivity index (χ1) is 22.0. The maximum atomic E-state index is 6.33. The molecule has 4 aromatic carbocycles. The largest absolute Gasteiger partial charge is 0.477 e. The minimum atomic E-state index is 0. The molecule has 0 bridgehead atoms. The van der Waals surface area contributed by atoms with Gasteiger partial charge in [-0.15, -0.1) is 47.5 Å². The molecule has 0 amide bonds. The van der Waals surface area contributed by atoms with E-state index in [4.69, 9.17) is 4.42 Å². The van der Waals surface area contributed by atoms with Crippen LogP contribution in [0.4, 0.5) is 0 Å². The van der Waals surface area contributed by atoms with Crippen molar-refractivity contribution in [2.75, 3.05) is 0 Å². The maximum absolute atomic E-state index is 6.33. The Morgan fingerprint density at radius 1 is 0.587 bits per heavy atom. The van der Waals surface area contributed by atoms with Crippen molar-refractivity contribution in [2.24, 2.45) is 0 Å². The quantitative estimate of drug-likeness (QED) is 0.158. The molecule has 0 N–H and O–H groups in total. The molecule has 0 aliphatic carbocycles. The van der Waals surface area contributed by atoms with E-state index in [2.05, 4.69) is 110 Å². The van der Waals surface area contributed by atoms with Crippen molar-refractivity contribution in [3.8, 4) is 45.0 Å². The molecule has 7 rings (SSSR count). The van der Waals surface area contributed by atoms with E-state index in [1.165, 1.54) is 16.7 Å². The van der Waals surface area contributed by atoms with Gasteiger partial charge in [0.15, 0.2) is 0 Å². The molecule has 0 atom stereocenters. The van der Waals surface area contributed by atoms with Crippen LogP contribution in [-0.4, -0.2) is 9.97 Å². The zero-order valence-electron chi connectivity index (χ0n) is 26.5. The Labute approximate surface area is 285 Å². The number of rotatable bonds is 6. The van der Waals surface area contributed by atoms with E-state index in [1.807, 2.05) is 66.9 Å². The van der Waals surface area contributed by atoms with Gasteiger partial charge in [-0.2, -0.15) is 0 Å². The van der Waals surface area contributed by atoms with Crippen molar-refractivity contribution in [3.05, 3.63) is 157 Å². The smallest absolute Gasteiger partial charge is 0.123 e. The molecule has 0 saturated carbocycles. The van der Waals surface area contributed by atoms with Crippen LogP contribution < -0.4 is 0 Å². The summed E-state index contributed by atoms with van der Waals surface area (Å²) in [4.78, 5) is 8.88. The average Bonchev–Trinajstić information content (AvgIpc) is 3.54. The summed E-state index contributed by atoms with van der Waals surface area (Å²) in [5, 5.41) is 1.06. The zero-order chi connectivity index (χ0) is 31.2. The SMILES string of the molecule is CC(C)c1ccc(-c2cc(-c3cc(C(C)C)ccn3)[c-]c3oc(-c4ccccc4)cc23)cc1.[Ir].[c-]1ccccc1-c1ccccn1. The van der Waals surface area contributed by atoms with Gasteiger partial charge in [0.1, 0.15) is 5.76 Å². The Balaban J connectivity index is 0.000000269. The summed E-state index contributed by atoms with van der Waals surface area (Å²) in [6, 6.07) is 48.0. The molecule has 0 aliphatic heterocycles. The van der Waals surface area contributed by atoms with Crippen molar-refractivity contribution < 1.29 is 24.5 Å². The Kier molecular flexibility index (Phi) is 10.8. The van der Waals surface area contributed by atoms with Gasteiger partial charge < -0.3 is 14.4 Å². The van der Waals surface area contributed by atoms with Crippen LogP contribution in [0.3, 0.4) is 0 Å². The standard InChI is InChI=1S/C31H28NO.C11H8N.Ir/c1-20(2)22-10-12-23(13-11-22)27-16-26(29-17-25(21(3)4)14-15-32-29)18-31-28(27)19-30(33-31)24-8-6-5-7-9-24;1-2-6-10(7-3-1)11-8-4-5-9-12-11;/h5-17,19-21H,1-4H3;1-6,8-9H;/q2*-1;. The van der Waals surface area contributed by atoms with E-state index in [0.29, 0.717) is 11.8 Å². The van der Waals surface area contributed by atoms with E-state index >= 15 is 0 Å². The van der Waals surface area contributed by atoms with Crippen LogP contribution in [0.1, 0.15) is 50.7 Å². The number of fused-ring (bicyclic) bond motifs is 1. The monoisotopic (exact) mass is 777 g/mol. The fraction of sp³-hybridized carbons (Fsp3) is 0.143. The minimum Gasteiger partial charge on any atom is -0.477 e. The summed E-state index contributed by atoms with van der Waals surface area (Å²) in [7, 11) is 0. The molecule has 7 aromatic rings. The molecule has 231 valence electrons. The first-order valence-electron chi connectivity index (χ1n) is 15.5. The summed E-state index contributed by atoms with van der Waals surface area (Å²) < 4.78 is 6.33. The summed E-state index contributed by atoms with van der Waals surface area (Å²) >= 11 is 0. The van der Waals surface area contributed by atoms with Crippen molar-refractivity contribution in [2.45, 2.75) is 39.5 Å². The van der Waals surface area contributed by atoms with Crippen LogP contribution in [0.5, 0.6) is 0 Å². The number of furan rings is 1. The van der Waals surface area contributed by atoms with Crippen molar-refractivity contribution in [1.29, 1.82) is 0 Å². The Bertz CT molecular complexity index is 1940. The van der Waals surface area contributed by atoms with Gasteiger partial charge in [-0.3, -0.25) is 0 Å². The summed E-state index contributed by atoms with van der Waals surface area (Å²) in [6.45, 7) is 8.84. The van der Waals surface area contributed by atoms with Crippen LogP contribution in [0, 0.1) is 12.1 Å². The summed E-state index contributed by atoms with van der Waals surface area (Å²) in [6.07, 6.45) is 3.67. The van der Waals surface area contributed by atoms with Crippen molar-refractivity contribution in [3.63, 3.8) is 0 Å². The normalized spacial score (nSPS) is 10.8.